The normalized spacial score (nSPS) is 11.7. The van der Waals surface area contributed by atoms with Gasteiger partial charge < -0.3 is 20.8 Å². The van der Waals surface area contributed by atoms with Crippen molar-refractivity contribution in [1.82, 2.24) is 10.6 Å². The molecule has 0 radical (unpaired) electrons. The molecule has 0 aliphatic heterocycles. The lowest BCUT2D eigenvalue weighted by atomic mass is 9.94. The Kier molecular flexibility index (Phi) is 13.3. The molecule has 0 spiro atoms. The highest BCUT2D eigenvalue weighted by molar-refractivity contribution is 5.87. The van der Waals surface area contributed by atoms with Crippen molar-refractivity contribution in [3.63, 3.8) is 0 Å². The first-order chi connectivity index (χ1) is 17.0. The van der Waals surface area contributed by atoms with Gasteiger partial charge >= 0.3 is 5.97 Å². The second-order valence-electron chi connectivity index (χ2n) is 7.13. The third-order valence-corrected chi connectivity index (χ3v) is 4.74. The van der Waals surface area contributed by atoms with Crippen LogP contribution in [-0.4, -0.2) is 48.9 Å². The molecule has 0 amide bonds. The van der Waals surface area contributed by atoms with Crippen LogP contribution in [0.15, 0.2) is 90.8 Å². The van der Waals surface area contributed by atoms with Gasteiger partial charge in [0.1, 0.15) is 0 Å². The third kappa shape index (κ3) is 9.95. The number of carboxylic acids is 1. The van der Waals surface area contributed by atoms with Gasteiger partial charge in [0, 0.05) is 37.2 Å². The Morgan fingerprint density at radius 2 is 1.63 bits per heavy atom. The molecule has 1 unspecified atom stereocenters. The van der Waals surface area contributed by atoms with Crippen molar-refractivity contribution in [2.75, 3.05) is 20.1 Å². The maximum Gasteiger partial charge on any atom is 0.335 e. The van der Waals surface area contributed by atoms with E-state index in [1.807, 2.05) is 24.3 Å². The zero-order valence-electron chi connectivity index (χ0n) is 19.8. The summed E-state index contributed by atoms with van der Waals surface area (Å²) in [5.41, 5.74) is 3.14. The molecule has 35 heavy (non-hydrogen) atoms. The molecule has 7 nitrogen and oxygen atoms in total. The minimum atomic E-state index is -0.972. The van der Waals surface area contributed by atoms with Crippen LogP contribution in [0.1, 0.15) is 27.0 Å². The average molecular weight is 474 g/mol. The van der Waals surface area contributed by atoms with Gasteiger partial charge in [-0.3, -0.25) is 9.79 Å². The number of carbonyl (C=O) groups is 2. The molecule has 2 aromatic carbocycles. The van der Waals surface area contributed by atoms with Crippen molar-refractivity contribution in [2.24, 2.45) is 10.9 Å². The second-order valence-corrected chi connectivity index (χ2v) is 7.13. The Bertz CT molecular complexity index is 1090. The van der Waals surface area contributed by atoms with Crippen LogP contribution < -0.4 is 10.6 Å². The maximum absolute atomic E-state index is 11.2. The lowest BCUT2D eigenvalue weighted by Gasteiger charge is -2.21. The number of benzene rings is 2. The number of nitrogens with one attached hydrogen (secondary N) is 2. The van der Waals surface area contributed by atoms with Gasteiger partial charge in [0.2, 0.25) is 0 Å². The van der Waals surface area contributed by atoms with Crippen molar-refractivity contribution in [3.8, 4) is 11.8 Å². The number of aliphatic hydroxyl groups excluding tert-OH is 1. The van der Waals surface area contributed by atoms with Crippen LogP contribution in [0, 0.1) is 17.8 Å². The van der Waals surface area contributed by atoms with E-state index in [9.17, 15) is 14.7 Å². The first-order valence-corrected chi connectivity index (χ1v) is 10.8. The standard InChI is InChI=1S/C26H27N3O4.C2H4/c1-3-14-28-16-23(25(24(31)17-30)29-18-27-2)15-21-8-6-19(7-9-21)4-5-20-10-12-22(13-11-20)26(32)33;1-2/h3,6-13,17-18,23,28,31H,1,14-16H2,2H3,(H,27,29)(H,32,33);1-2H2/b25-24+;. The van der Waals surface area contributed by atoms with E-state index in [2.05, 4.69) is 47.2 Å². The van der Waals surface area contributed by atoms with E-state index in [1.165, 1.54) is 18.5 Å². The minimum Gasteiger partial charge on any atom is -0.503 e. The number of allylic oxidation sites excluding steroid dienone is 1. The third-order valence-electron chi connectivity index (χ3n) is 4.74. The number of hydrogen-bond donors (Lipinski definition) is 4. The van der Waals surface area contributed by atoms with E-state index in [-0.39, 0.29) is 17.2 Å². The lowest BCUT2D eigenvalue weighted by Crippen LogP contribution is -2.32. The van der Waals surface area contributed by atoms with Crippen molar-refractivity contribution in [2.45, 2.75) is 6.42 Å². The fourth-order valence-corrected chi connectivity index (χ4v) is 3.08. The summed E-state index contributed by atoms with van der Waals surface area (Å²) in [5, 5.41) is 25.2. The van der Waals surface area contributed by atoms with E-state index >= 15 is 0 Å². The predicted molar refractivity (Wildman–Crippen MR) is 141 cm³/mol. The van der Waals surface area contributed by atoms with E-state index in [1.54, 1.807) is 25.3 Å². The monoisotopic (exact) mass is 473 g/mol. The van der Waals surface area contributed by atoms with Crippen molar-refractivity contribution < 1.29 is 19.8 Å². The van der Waals surface area contributed by atoms with Gasteiger partial charge in [-0.15, -0.1) is 19.7 Å². The highest BCUT2D eigenvalue weighted by Crippen LogP contribution is 2.18. The number of aromatic carboxylic acids is 1. The molecule has 2 rings (SSSR count). The number of carboxylic acid groups (broad SMARTS) is 1. The van der Waals surface area contributed by atoms with Gasteiger partial charge in [-0.1, -0.05) is 30.0 Å². The number of rotatable bonds is 11. The predicted octanol–water partition coefficient (Wildman–Crippen LogP) is 3.74. The summed E-state index contributed by atoms with van der Waals surface area (Å²) in [5.74, 6) is 4.54. The number of carbonyl (C=O) groups excluding carboxylic acids is 1. The first-order valence-electron chi connectivity index (χ1n) is 10.8. The van der Waals surface area contributed by atoms with Gasteiger partial charge in [0.15, 0.2) is 12.0 Å². The Morgan fingerprint density at radius 3 is 2.11 bits per heavy atom. The molecule has 0 heterocycles. The SMILES string of the molecule is C=C.C=CCNCC(Cc1ccc(C#Cc2ccc(C(=O)O)cc2)cc1)/C(NC=NC)=C(\O)C=O. The number of nitrogens with zero attached hydrogens (tertiary/aromatic N) is 1. The molecule has 182 valence electrons. The summed E-state index contributed by atoms with van der Waals surface area (Å²) in [4.78, 5) is 26.0. The molecular formula is C28H31N3O4. The van der Waals surface area contributed by atoms with Crippen LogP contribution >= 0.6 is 0 Å². The van der Waals surface area contributed by atoms with Crippen LogP contribution in [-0.2, 0) is 11.2 Å². The van der Waals surface area contributed by atoms with Crippen molar-refractivity contribution in [3.05, 3.63) is 108 Å². The lowest BCUT2D eigenvalue weighted by molar-refractivity contribution is -0.107. The molecular weight excluding hydrogens is 442 g/mol. The molecule has 0 saturated carbocycles. The van der Waals surface area contributed by atoms with Crippen molar-refractivity contribution in [1.29, 1.82) is 0 Å². The number of aliphatic hydroxyl groups is 1. The van der Waals surface area contributed by atoms with Gasteiger partial charge in [-0.05, 0) is 48.4 Å². The Hall–Kier alpha value is -4.41. The molecule has 0 aromatic heterocycles. The van der Waals surface area contributed by atoms with Crippen LogP contribution in [0.5, 0.6) is 0 Å². The van der Waals surface area contributed by atoms with Gasteiger partial charge in [-0.25, -0.2) is 4.79 Å². The zero-order valence-corrected chi connectivity index (χ0v) is 19.8. The molecule has 0 aliphatic carbocycles. The van der Waals surface area contributed by atoms with Crippen LogP contribution in [0.2, 0.25) is 0 Å². The molecule has 7 heteroatoms. The Labute approximate surface area is 206 Å². The van der Waals surface area contributed by atoms with E-state index in [0.717, 1.165) is 16.7 Å². The smallest absolute Gasteiger partial charge is 0.335 e. The summed E-state index contributed by atoms with van der Waals surface area (Å²) < 4.78 is 0. The van der Waals surface area contributed by atoms with Crippen LogP contribution in [0.4, 0.5) is 0 Å². The number of aldehydes is 1. The Balaban J connectivity index is 0.00000298. The highest BCUT2D eigenvalue weighted by Gasteiger charge is 2.19. The largest absolute Gasteiger partial charge is 0.503 e. The quantitative estimate of drug-likeness (QED) is 0.0578. The maximum atomic E-state index is 11.2. The van der Waals surface area contributed by atoms with Gasteiger partial charge in [0.25, 0.3) is 0 Å². The van der Waals surface area contributed by atoms with Crippen LogP contribution in [0.25, 0.3) is 0 Å². The fraction of sp³-hybridized carbons (Fsp3) is 0.179. The Morgan fingerprint density at radius 1 is 1.06 bits per heavy atom. The molecule has 0 bridgehead atoms. The first kappa shape index (κ1) is 28.6. The van der Waals surface area contributed by atoms with E-state index in [4.69, 9.17) is 5.11 Å². The summed E-state index contributed by atoms with van der Waals surface area (Å²) >= 11 is 0. The minimum absolute atomic E-state index is 0.210. The zero-order chi connectivity index (χ0) is 26.1. The summed E-state index contributed by atoms with van der Waals surface area (Å²) in [6.07, 6.45) is 4.14. The number of hydrogen-bond acceptors (Lipinski definition) is 5. The van der Waals surface area contributed by atoms with E-state index in [0.29, 0.717) is 31.5 Å². The second kappa shape index (κ2) is 16.2. The van der Waals surface area contributed by atoms with Crippen molar-refractivity contribution >= 4 is 18.6 Å². The topological polar surface area (TPSA) is 111 Å². The molecule has 0 aliphatic rings. The highest BCUT2D eigenvalue weighted by atomic mass is 16.4. The van der Waals surface area contributed by atoms with Gasteiger partial charge in [0.05, 0.1) is 17.6 Å². The van der Waals surface area contributed by atoms with Crippen LogP contribution in [0.3, 0.4) is 0 Å². The molecule has 2 aromatic rings. The average Bonchev–Trinajstić information content (AvgIpc) is 2.89. The molecule has 1 atom stereocenters. The summed E-state index contributed by atoms with van der Waals surface area (Å²) in [7, 11) is 1.59. The molecule has 4 N–H and O–H groups in total. The number of aliphatic imine (C=N–C) groups is 1. The van der Waals surface area contributed by atoms with Gasteiger partial charge in [-0.2, -0.15) is 0 Å². The van der Waals surface area contributed by atoms with E-state index < -0.39 is 5.97 Å². The summed E-state index contributed by atoms with van der Waals surface area (Å²) in [6, 6.07) is 14.1. The summed E-state index contributed by atoms with van der Waals surface area (Å²) in [6.45, 7) is 10.8. The fourth-order valence-electron chi connectivity index (χ4n) is 3.08. The molecule has 0 saturated heterocycles. The molecule has 0 fully saturated rings.